The monoisotopic (exact) mass is 210 g/mol. The quantitative estimate of drug-likeness (QED) is 0.515. The number of hydrogen-bond donors (Lipinski definition) is 0. The molecule has 0 N–H and O–H groups in total. The van der Waals surface area contributed by atoms with Gasteiger partial charge in [-0.3, -0.25) is 0 Å². The predicted octanol–water partition coefficient (Wildman–Crippen LogP) is 3.46. The maximum Gasteiger partial charge on any atom is 0.330 e. The van der Waals surface area contributed by atoms with E-state index in [0.717, 1.165) is 12.8 Å². The molecule has 0 spiro atoms. The molecule has 86 valence electrons. The number of hydrogen-bond acceptors (Lipinski definition) is 2. The summed E-state index contributed by atoms with van der Waals surface area (Å²) in [5.74, 6) is -0.183. The van der Waals surface area contributed by atoms with E-state index in [9.17, 15) is 4.79 Å². The van der Waals surface area contributed by atoms with Crippen LogP contribution in [0.1, 0.15) is 52.9 Å². The van der Waals surface area contributed by atoms with Crippen molar-refractivity contribution < 1.29 is 9.53 Å². The first kappa shape index (κ1) is 12.3. The molecule has 0 aromatic heterocycles. The fourth-order valence-corrected chi connectivity index (χ4v) is 1.70. The molecule has 0 amide bonds. The van der Waals surface area contributed by atoms with E-state index >= 15 is 0 Å². The van der Waals surface area contributed by atoms with Crippen LogP contribution in [0.15, 0.2) is 12.2 Å². The topological polar surface area (TPSA) is 26.3 Å². The Labute approximate surface area is 92.7 Å². The van der Waals surface area contributed by atoms with Crippen LogP contribution in [-0.2, 0) is 9.53 Å². The fraction of sp³-hybridized carbons (Fsp3) is 0.769. The highest BCUT2D eigenvalue weighted by atomic mass is 16.5. The van der Waals surface area contributed by atoms with Gasteiger partial charge < -0.3 is 4.74 Å². The van der Waals surface area contributed by atoms with Crippen molar-refractivity contribution in [2.45, 2.75) is 59.0 Å². The second kappa shape index (κ2) is 5.34. The minimum atomic E-state index is -0.183. The molecule has 0 aliphatic heterocycles. The smallest absolute Gasteiger partial charge is 0.330 e. The average molecular weight is 210 g/mol. The summed E-state index contributed by atoms with van der Waals surface area (Å²) in [6.45, 7) is 6.20. The van der Waals surface area contributed by atoms with Crippen LogP contribution in [0, 0.1) is 5.41 Å². The number of rotatable bonds is 2. The van der Waals surface area contributed by atoms with Gasteiger partial charge in [-0.05, 0) is 31.1 Å². The molecule has 1 rings (SSSR count). The van der Waals surface area contributed by atoms with Crippen LogP contribution in [0.2, 0.25) is 0 Å². The molecular formula is C13H22O2. The fourth-order valence-electron chi connectivity index (χ4n) is 1.70. The van der Waals surface area contributed by atoms with Gasteiger partial charge in [0.2, 0.25) is 0 Å². The number of allylic oxidation sites excluding steroid dienone is 1. The van der Waals surface area contributed by atoms with Crippen molar-refractivity contribution >= 4 is 5.97 Å². The van der Waals surface area contributed by atoms with Crippen LogP contribution >= 0.6 is 0 Å². The number of esters is 1. The van der Waals surface area contributed by atoms with E-state index < -0.39 is 0 Å². The molecule has 1 aliphatic rings. The Morgan fingerprint density at radius 2 is 1.80 bits per heavy atom. The summed E-state index contributed by atoms with van der Waals surface area (Å²) in [5, 5.41) is 0. The maximum absolute atomic E-state index is 11.4. The normalized spacial score (nSPS) is 19.4. The molecule has 0 radical (unpaired) electrons. The van der Waals surface area contributed by atoms with Crippen LogP contribution < -0.4 is 0 Å². The highest BCUT2D eigenvalue weighted by Gasteiger charge is 2.16. The van der Waals surface area contributed by atoms with Crippen LogP contribution in [-0.4, -0.2) is 12.1 Å². The first-order valence-corrected chi connectivity index (χ1v) is 5.87. The third-order valence-corrected chi connectivity index (χ3v) is 2.55. The van der Waals surface area contributed by atoms with Gasteiger partial charge in [0.1, 0.15) is 6.10 Å². The molecule has 0 unspecified atom stereocenters. The SMILES string of the molecule is CC(C)(C)/C=C\C(=O)OC1CCCCC1. The molecule has 2 nitrogen and oxygen atoms in total. The molecular weight excluding hydrogens is 188 g/mol. The van der Waals surface area contributed by atoms with Crippen molar-refractivity contribution in [3.63, 3.8) is 0 Å². The van der Waals surface area contributed by atoms with Crippen molar-refractivity contribution in [2.75, 3.05) is 0 Å². The summed E-state index contributed by atoms with van der Waals surface area (Å²) in [6.07, 6.45) is 9.38. The Bertz CT molecular complexity index is 229. The summed E-state index contributed by atoms with van der Waals surface area (Å²) in [5.41, 5.74) is 0.0472. The van der Waals surface area contributed by atoms with Gasteiger partial charge >= 0.3 is 5.97 Å². The second-order valence-corrected chi connectivity index (χ2v) is 5.40. The number of carbonyl (C=O) groups excluding carboxylic acids is 1. The van der Waals surface area contributed by atoms with E-state index in [0.29, 0.717) is 0 Å². The lowest BCUT2D eigenvalue weighted by Gasteiger charge is -2.21. The lowest BCUT2D eigenvalue weighted by molar-refractivity contribution is -0.144. The zero-order valence-corrected chi connectivity index (χ0v) is 10.1. The van der Waals surface area contributed by atoms with Crippen molar-refractivity contribution in [1.29, 1.82) is 0 Å². The minimum absolute atomic E-state index is 0.0472. The largest absolute Gasteiger partial charge is 0.459 e. The number of carbonyl (C=O) groups is 1. The highest BCUT2D eigenvalue weighted by Crippen LogP contribution is 2.21. The molecule has 0 heterocycles. The lowest BCUT2D eigenvalue weighted by Crippen LogP contribution is -2.19. The number of ether oxygens (including phenoxy) is 1. The van der Waals surface area contributed by atoms with Gasteiger partial charge in [-0.15, -0.1) is 0 Å². The van der Waals surface area contributed by atoms with Crippen LogP contribution in [0.25, 0.3) is 0 Å². The van der Waals surface area contributed by atoms with Gasteiger partial charge in [0.15, 0.2) is 0 Å². The third kappa shape index (κ3) is 5.60. The molecule has 1 aliphatic carbocycles. The Hall–Kier alpha value is -0.790. The van der Waals surface area contributed by atoms with E-state index in [4.69, 9.17) is 4.74 Å². The molecule has 1 saturated carbocycles. The Kier molecular flexibility index (Phi) is 4.37. The Morgan fingerprint density at radius 3 is 2.33 bits per heavy atom. The predicted molar refractivity (Wildman–Crippen MR) is 61.6 cm³/mol. The first-order chi connectivity index (χ1) is 6.97. The van der Waals surface area contributed by atoms with Crippen LogP contribution in [0.3, 0.4) is 0 Å². The summed E-state index contributed by atoms with van der Waals surface area (Å²) in [7, 11) is 0. The molecule has 0 aromatic carbocycles. The van der Waals surface area contributed by atoms with Gasteiger partial charge in [0.05, 0.1) is 0 Å². The maximum atomic E-state index is 11.4. The minimum Gasteiger partial charge on any atom is -0.459 e. The summed E-state index contributed by atoms with van der Waals surface area (Å²) >= 11 is 0. The van der Waals surface area contributed by atoms with Gasteiger partial charge in [0, 0.05) is 6.08 Å². The van der Waals surface area contributed by atoms with Crippen molar-refractivity contribution in [1.82, 2.24) is 0 Å². The third-order valence-electron chi connectivity index (χ3n) is 2.55. The molecule has 15 heavy (non-hydrogen) atoms. The highest BCUT2D eigenvalue weighted by molar-refractivity contribution is 5.82. The molecule has 2 heteroatoms. The van der Waals surface area contributed by atoms with Gasteiger partial charge in [0.25, 0.3) is 0 Å². The summed E-state index contributed by atoms with van der Waals surface area (Å²) in [4.78, 5) is 11.4. The van der Waals surface area contributed by atoms with E-state index in [1.165, 1.54) is 19.3 Å². The van der Waals surface area contributed by atoms with E-state index in [1.807, 2.05) is 6.08 Å². The Morgan fingerprint density at radius 1 is 1.20 bits per heavy atom. The zero-order chi connectivity index (χ0) is 11.3. The molecule has 0 atom stereocenters. The summed E-state index contributed by atoms with van der Waals surface area (Å²) < 4.78 is 5.36. The van der Waals surface area contributed by atoms with Crippen molar-refractivity contribution in [2.24, 2.45) is 5.41 Å². The van der Waals surface area contributed by atoms with Gasteiger partial charge in [-0.1, -0.05) is 33.3 Å². The second-order valence-electron chi connectivity index (χ2n) is 5.40. The zero-order valence-electron chi connectivity index (χ0n) is 10.1. The lowest BCUT2D eigenvalue weighted by atomic mass is 9.96. The molecule has 1 fully saturated rings. The standard InChI is InChI=1S/C13H22O2/c1-13(2,3)10-9-12(14)15-11-7-5-4-6-8-11/h9-11H,4-8H2,1-3H3/b10-9-. The molecule has 0 saturated heterocycles. The van der Waals surface area contributed by atoms with Crippen LogP contribution in [0.4, 0.5) is 0 Å². The van der Waals surface area contributed by atoms with Gasteiger partial charge in [-0.2, -0.15) is 0 Å². The van der Waals surface area contributed by atoms with Crippen molar-refractivity contribution in [3.8, 4) is 0 Å². The van der Waals surface area contributed by atoms with Gasteiger partial charge in [-0.25, -0.2) is 4.79 Å². The van der Waals surface area contributed by atoms with E-state index in [1.54, 1.807) is 6.08 Å². The molecule has 0 aromatic rings. The van der Waals surface area contributed by atoms with E-state index in [2.05, 4.69) is 20.8 Å². The van der Waals surface area contributed by atoms with Crippen molar-refractivity contribution in [3.05, 3.63) is 12.2 Å². The Balaban J connectivity index is 2.32. The molecule has 0 bridgehead atoms. The first-order valence-electron chi connectivity index (χ1n) is 5.87. The van der Waals surface area contributed by atoms with E-state index in [-0.39, 0.29) is 17.5 Å². The average Bonchev–Trinajstić information content (AvgIpc) is 2.15. The summed E-state index contributed by atoms with van der Waals surface area (Å²) in [6, 6.07) is 0. The van der Waals surface area contributed by atoms with Crippen LogP contribution in [0.5, 0.6) is 0 Å².